The zero-order valence-electron chi connectivity index (χ0n) is 13.7. The van der Waals surface area contributed by atoms with Crippen LogP contribution < -0.4 is 4.13 Å². The van der Waals surface area contributed by atoms with Crippen molar-refractivity contribution in [3.63, 3.8) is 0 Å². The predicted octanol–water partition coefficient (Wildman–Crippen LogP) is 3.81. The summed E-state index contributed by atoms with van der Waals surface area (Å²) < 4.78 is 166. The van der Waals surface area contributed by atoms with Gasteiger partial charge in [0.15, 0.2) is 11.6 Å². The van der Waals surface area contributed by atoms with Crippen molar-refractivity contribution in [3.8, 4) is 0 Å². The second kappa shape index (κ2) is 7.42. The van der Waals surface area contributed by atoms with Crippen LogP contribution >= 0.6 is 0 Å². The Balaban J connectivity index is 2.65. The molecular weight excluding hydrogens is 481 g/mol. The molecule has 5 nitrogen and oxygen atoms in total. The van der Waals surface area contributed by atoms with Crippen molar-refractivity contribution in [2.75, 3.05) is 0 Å². The zero-order valence-corrected chi connectivity index (χ0v) is 15.4. The van der Waals surface area contributed by atoms with Crippen LogP contribution in [0.15, 0.2) is 40.1 Å². The Bertz CT molecular complexity index is 1170. The quantitative estimate of drug-likeness (QED) is 0.526. The molecule has 16 heteroatoms. The van der Waals surface area contributed by atoms with E-state index in [9.17, 15) is 56.3 Å². The summed E-state index contributed by atoms with van der Waals surface area (Å²) in [5.74, 6) is -5.95. The molecule has 0 aliphatic rings. The van der Waals surface area contributed by atoms with E-state index in [4.69, 9.17) is 0 Å². The maximum absolute atomic E-state index is 13.6. The summed E-state index contributed by atoms with van der Waals surface area (Å²) in [7, 11) is -11.4. The summed E-state index contributed by atoms with van der Waals surface area (Å²) in [6.07, 6.45) is -10.9. The van der Waals surface area contributed by atoms with E-state index < -0.39 is 76.8 Å². The average Bonchev–Trinajstić information content (AvgIpc) is 2.55. The second-order valence-corrected chi connectivity index (χ2v) is 9.12. The monoisotopic (exact) mass is 487 g/mol. The van der Waals surface area contributed by atoms with E-state index in [-0.39, 0.29) is 24.3 Å². The van der Waals surface area contributed by atoms with Gasteiger partial charge in [0.05, 0.1) is 16.0 Å². The number of rotatable bonds is 4. The lowest BCUT2D eigenvalue weighted by molar-refractivity contribution is -0.143. The van der Waals surface area contributed by atoms with E-state index in [1.54, 1.807) is 0 Å². The highest BCUT2D eigenvalue weighted by atomic mass is 32.3. The van der Waals surface area contributed by atoms with Crippen molar-refractivity contribution >= 4 is 20.0 Å². The summed E-state index contributed by atoms with van der Waals surface area (Å²) in [5, 5.41) is 0. The first kappa shape index (κ1) is 23.9. The molecule has 0 saturated heterocycles. The van der Waals surface area contributed by atoms with Gasteiger partial charge < -0.3 is 0 Å². The van der Waals surface area contributed by atoms with E-state index in [1.807, 2.05) is 0 Å². The highest BCUT2D eigenvalue weighted by Gasteiger charge is 2.39. The van der Waals surface area contributed by atoms with Crippen molar-refractivity contribution in [2.24, 2.45) is 0 Å². The van der Waals surface area contributed by atoms with Gasteiger partial charge >= 0.3 is 12.4 Å². The van der Waals surface area contributed by atoms with Crippen LogP contribution in [0, 0.1) is 17.5 Å². The molecule has 0 bridgehead atoms. The van der Waals surface area contributed by atoms with Gasteiger partial charge in [0.2, 0.25) is 0 Å². The first-order chi connectivity index (χ1) is 13.3. The van der Waals surface area contributed by atoms with Crippen LogP contribution in [-0.4, -0.2) is 16.8 Å². The third kappa shape index (κ3) is 5.04. The fourth-order valence-electron chi connectivity index (χ4n) is 2.05. The standard InChI is InChI=1S/C14H6F9NO4S2/c15-8-4-10(16)12(17)11(5-8)30(27,28)24-29(25,26)9-2-6(13(18,19)20)1-7(3-9)14(21,22)23/h1-5,24H. The van der Waals surface area contributed by atoms with E-state index >= 15 is 0 Å². The van der Waals surface area contributed by atoms with Gasteiger partial charge in [0.1, 0.15) is 10.7 Å². The minimum atomic E-state index is -5.72. The van der Waals surface area contributed by atoms with E-state index in [2.05, 4.69) is 0 Å². The molecule has 0 aromatic heterocycles. The molecule has 0 radical (unpaired) electrons. The molecule has 0 atom stereocenters. The highest BCUT2D eigenvalue weighted by Crippen LogP contribution is 2.37. The molecule has 0 saturated carbocycles. The van der Waals surface area contributed by atoms with Gasteiger partial charge in [-0.2, -0.15) is 26.3 Å². The molecule has 0 aliphatic heterocycles. The molecule has 166 valence electrons. The molecule has 0 amide bonds. The number of hydrogen-bond donors (Lipinski definition) is 1. The Labute approximate surface area is 162 Å². The lowest BCUT2D eigenvalue weighted by Gasteiger charge is -2.15. The molecule has 0 aliphatic carbocycles. The van der Waals surface area contributed by atoms with Crippen molar-refractivity contribution in [1.29, 1.82) is 0 Å². The van der Waals surface area contributed by atoms with Gasteiger partial charge in [-0.25, -0.2) is 30.0 Å². The number of hydrogen-bond acceptors (Lipinski definition) is 4. The van der Waals surface area contributed by atoms with Crippen LogP contribution in [0.4, 0.5) is 39.5 Å². The summed E-state index contributed by atoms with van der Waals surface area (Å²) in [5.41, 5.74) is -4.17. The molecular formula is C14H6F9NO4S2. The van der Waals surface area contributed by atoms with Crippen LogP contribution in [0.3, 0.4) is 0 Å². The first-order valence-electron chi connectivity index (χ1n) is 7.07. The molecule has 2 aromatic rings. The Hall–Kier alpha value is -2.33. The molecule has 0 unspecified atom stereocenters. The molecule has 2 aromatic carbocycles. The molecule has 2 rings (SSSR count). The minimum absolute atomic E-state index is 0.0920. The zero-order chi connectivity index (χ0) is 23.3. The number of benzene rings is 2. The summed E-state index contributed by atoms with van der Waals surface area (Å²) in [6.45, 7) is 0. The Morgan fingerprint density at radius 1 is 0.667 bits per heavy atom. The molecule has 0 heterocycles. The van der Waals surface area contributed by atoms with Gasteiger partial charge in [0, 0.05) is 6.07 Å². The molecule has 30 heavy (non-hydrogen) atoms. The van der Waals surface area contributed by atoms with E-state index in [1.165, 1.54) is 0 Å². The van der Waals surface area contributed by atoms with Gasteiger partial charge in [0.25, 0.3) is 20.0 Å². The van der Waals surface area contributed by atoms with Crippen molar-refractivity contribution < 1.29 is 56.3 Å². The highest BCUT2D eigenvalue weighted by molar-refractivity contribution is 8.04. The van der Waals surface area contributed by atoms with Gasteiger partial charge in [-0.3, -0.25) is 0 Å². The smallest absolute Gasteiger partial charge is 0.207 e. The van der Waals surface area contributed by atoms with Crippen LogP contribution in [-0.2, 0) is 32.4 Å². The van der Waals surface area contributed by atoms with Crippen LogP contribution in [0.1, 0.15) is 11.1 Å². The Morgan fingerprint density at radius 3 is 1.57 bits per heavy atom. The van der Waals surface area contributed by atoms with Crippen molar-refractivity contribution in [2.45, 2.75) is 22.1 Å². The lowest BCUT2D eigenvalue weighted by atomic mass is 10.1. The van der Waals surface area contributed by atoms with Crippen LogP contribution in [0.5, 0.6) is 0 Å². The van der Waals surface area contributed by atoms with E-state index in [0.717, 1.165) is 0 Å². The number of nitrogens with one attached hydrogen (secondary N) is 1. The van der Waals surface area contributed by atoms with E-state index in [0.29, 0.717) is 4.13 Å². The Morgan fingerprint density at radius 2 is 1.13 bits per heavy atom. The van der Waals surface area contributed by atoms with Crippen molar-refractivity contribution in [1.82, 2.24) is 4.13 Å². The molecule has 0 fully saturated rings. The lowest BCUT2D eigenvalue weighted by Crippen LogP contribution is -2.32. The normalized spacial score (nSPS) is 13.5. The fourth-order valence-corrected chi connectivity index (χ4v) is 5.11. The summed E-state index contributed by atoms with van der Waals surface area (Å²) in [4.78, 5) is -3.68. The fraction of sp³-hybridized carbons (Fsp3) is 0.143. The third-order valence-electron chi connectivity index (χ3n) is 3.34. The number of alkyl halides is 6. The third-order valence-corrected chi connectivity index (χ3v) is 6.83. The maximum Gasteiger partial charge on any atom is 0.416 e. The largest absolute Gasteiger partial charge is 0.416 e. The molecule has 1 N–H and O–H groups in total. The SMILES string of the molecule is O=S(=O)(NS(=O)(=O)c1cc(F)cc(F)c1F)c1cc(C(F)(F)F)cc(C(F)(F)F)c1. The van der Waals surface area contributed by atoms with Gasteiger partial charge in [-0.05, 0) is 24.3 Å². The average molecular weight is 487 g/mol. The topological polar surface area (TPSA) is 80.3 Å². The summed E-state index contributed by atoms with van der Waals surface area (Å²) in [6, 6.07) is -1.28. The number of sulfonamides is 2. The van der Waals surface area contributed by atoms with Gasteiger partial charge in [-0.15, -0.1) is 4.13 Å². The van der Waals surface area contributed by atoms with Crippen LogP contribution in [0.25, 0.3) is 0 Å². The number of halogens is 9. The second-order valence-electron chi connectivity index (χ2n) is 5.53. The first-order valence-corrected chi connectivity index (χ1v) is 10.0. The molecule has 0 spiro atoms. The van der Waals surface area contributed by atoms with Gasteiger partial charge in [-0.1, -0.05) is 0 Å². The van der Waals surface area contributed by atoms with Crippen molar-refractivity contribution in [3.05, 3.63) is 58.9 Å². The van der Waals surface area contributed by atoms with Crippen LogP contribution in [0.2, 0.25) is 0 Å². The maximum atomic E-state index is 13.6. The summed E-state index contributed by atoms with van der Waals surface area (Å²) >= 11 is 0. The predicted molar refractivity (Wildman–Crippen MR) is 80.3 cm³/mol. The Kier molecular flexibility index (Phi) is 5.92. The minimum Gasteiger partial charge on any atom is -0.207 e.